The normalized spacial score (nSPS) is 18.4. The molecule has 1 saturated heterocycles. The predicted molar refractivity (Wildman–Crippen MR) is 85.1 cm³/mol. The van der Waals surface area contributed by atoms with Crippen LogP contribution in [0.1, 0.15) is 18.4 Å². The summed E-state index contributed by atoms with van der Waals surface area (Å²) in [5, 5.41) is 9.32. The SMILES string of the molecule is OCCN(Cc1ccccc1)CC1(CS)CCOCC1. The number of ether oxygens (including phenoxy) is 1. The average molecular weight is 295 g/mol. The van der Waals surface area contributed by atoms with E-state index < -0.39 is 0 Å². The van der Waals surface area contributed by atoms with E-state index in [0.29, 0.717) is 6.54 Å². The van der Waals surface area contributed by atoms with Gasteiger partial charge >= 0.3 is 0 Å². The first kappa shape index (κ1) is 15.8. The fraction of sp³-hybridized carbons (Fsp3) is 0.625. The number of thiol groups is 1. The van der Waals surface area contributed by atoms with Gasteiger partial charge in [0.05, 0.1) is 6.61 Å². The van der Waals surface area contributed by atoms with Gasteiger partial charge in [-0.1, -0.05) is 30.3 Å². The van der Waals surface area contributed by atoms with Crippen LogP contribution in [0.25, 0.3) is 0 Å². The van der Waals surface area contributed by atoms with E-state index in [1.165, 1.54) is 5.56 Å². The molecular formula is C16H25NO2S. The summed E-state index contributed by atoms with van der Waals surface area (Å²) in [5.41, 5.74) is 1.52. The minimum atomic E-state index is 0.200. The number of hydrogen-bond donors (Lipinski definition) is 2. The van der Waals surface area contributed by atoms with Crippen LogP contribution in [-0.2, 0) is 11.3 Å². The first-order chi connectivity index (χ1) is 9.78. The van der Waals surface area contributed by atoms with Crippen LogP contribution in [0.3, 0.4) is 0 Å². The highest BCUT2D eigenvalue weighted by Gasteiger charge is 2.33. The Labute approximate surface area is 127 Å². The molecule has 1 N–H and O–H groups in total. The molecule has 1 aromatic carbocycles. The van der Waals surface area contributed by atoms with Crippen molar-refractivity contribution < 1.29 is 9.84 Å². The molecule has 112 valence electrons. The highest BCUT2D eigenvalue weighted by atomic mass is 32.1. The molecule has 1 aromatic rings. The summed E-state index contributed by atoms with van der Waals surface area (Å²) in [6.45, 7) is 4.45. The van der Waals surface area contributed by atoms with Crippen molar-refractivity contribution >= 4 is 12.6 Å². The summed E-state index contributed by atoms with van der Waals surface area (Å²) in [7, 11) is 0. The van der Waals surface area contributed by atoms with Gasteiger partial charge in [0.2, 0.25) is 0 Å². The summed E-state index contributed by atoms with van der Waals surface area (Å²) in [4.78, 5) is 2.34. The summed E-state index contributed by atoms with van der Waals surface area (Å²) in [6.07, 6.45) is 2.13. The molecule has 2 rings (SSSR count). The molecule has 0 radical (unpaired) electrons. The maximum Gasteiger partial charge on any atom is 0.0558 e. The van der Waals surface area contributed by atoms with Gasteiger partial charge in [-0.25, -0.2) is 0 Å². The number of nitrogens with zero attached hydrogens (tertiary/aromatic N) is 1. The van der Waals surface area contributed by atoms with Gasteiger partial charge in [0, 0.05) is 32.8 Å². The van der Waals surface area contributed by atoms with Gasteiger partial charge < -0.3 is 9.84 Å². The van der Waals surface area contributed by atoms with Gasteiger partial charge in [-0.05, 0) is 29.6 Å². The van der Waals surface area contributed by atoms with Gasteiger partial charge in [0.1, 0.15) is 0 Å². The molecule has 0 saturated carbocycles. The summed E-state index contributed by atoms with van der Waals surface area (Å²) in [6, 6.07) is 10.4. The van der Waals surface area contributed by atoms with E-state index in [0.717, 1.165) is 44.9 Å². The second-order valence-electron chi connectivity index (χ2n) is 5.69. The maximum atomic E-state index is 9.32. The van der Waals surface area contributed by atoms with E-state index in [1.807, 2.05) is 6.07 Å². The molecule has 0 aromatic heterocycles. The maximum absolute atomic E-state index is 9.32. The first-order valence-corrected chi connectivity index (χ1v) is 7.97. The Morgan fingerprint density at radius 3 is 2.50 bits per heavy atom. The third-order valence-corrected chi connectivity index (χ3v) is 4.78. The van der Waals surface area contributed by atoms with Gasteiger partial charge in [-0.15, -0.1) is 0 Å². The second-order valence-corrected chi connectivity index (χ2v) is 6.01. The molecule has 0 amide bonds. The minimum absolute atomic E-state index is 0.200. The largest absolute Gasteiger partial charge is 0.395 e. The first-order valence-electron chi connectivity index (χ1n) is 7.34. The Balaban J connectivity index is 2.00. The molecule has 0 bridgehead atoms. The Bertz CT molecular complexity index is 379. The fourth-order valence-corrected chi connectivity index (χ4v) is 3.26. The number of rotatable bonds is 7. The van der Waals surface area contributed by atoms with E-state index in [-0.39, 0.29) is 12.0 Å². The molecule has 4 heteroatoms. The van der Waals surface area contributed by atoms with Crippen molar-refractivity contribution in [3.8, 4) is 0 Å². The molecule has 1 heterocycles. The van der Waals surface area contributed by atoms with E-state index >= 15 is 0 Å². The lowest BCUT2D eigenvalue weighted by molar-refractivity contribution is 0.00399. The van der Waals surface area contributed by atoms with Crippen LogP contribution in [0.2, 0.25) is 0 Å². The highest BCUT2D eigenvalue weighted by Crippen LogP contribution is 2.33. The average Bonchev–Trinajstić information content (AvgIpc) is 2.49. The molecule has 1 aliphatic heterocycles. The number of benzene rings is 1. The lowest BCUT2D eigenvalue weighted by Gasteiger charge is -2.40. The zero-order valence-corrected chi connectivity index (χ0v) is 12.9. The van der Waals surface area contributed by atoms with Crippen LogP contribution in [0, 0.1) is 5.41 Å². The Kier molecular flexibility index (Phi) is 6.36. The van der Waals surface area contributed by atoms with Gasteiger partial charge in [-0.2, -0.15) is 12.6 Å². The molecular weight excluding hydrogens is 270 g/mol. The molecule has 0 unspecified atom stereocenters. The molecule has 3 nitrogen and oxygen atoms in total. The van der Waals surface area contributed by atoms with Gasteiger partial charge in [0.25, 0.3) is 0 Å². The summed E-state index contributed by atoms with van der Waals surface area (Å²) < 4.78 is 5.48. The summed E-state index contributed by atoms with van der Waals surface area (Å²) >= 11 is 4.57. The molecule has 0 spiro atoms. The van der Waals surface area contributed by atoms with Crippen LogP contribution in [0.5, 0.6) is 0 Å². The highest BCUT2D eigenvalue weighted by molar-refractivity contribution is 7.80. The fourth-order valence-electron chi connectivity index (χ4n) is 2.84. The van der Waals surface area contributed by atoms with Crippen LogP contribution in [-0.4, -0.2) is 48.7 Å². The topological polar surface area (TPSA) is 32.7 Å². The summed E-state index contributed by atoms with van der Waals surface area (Å²) in [5.74, 6) is 0.882. The van der Waals surface area contributed by atoms with E-state index in [2.05, 4.69) is 41.8 Å². The van der Waals surface area contributed by atoms with Crippen LogP contribution < -0.4 is 0 Å². The lowest BCUT2D eigenvalue weighted by atomic mass is 9.81. The van der Waals surface area contributed by atoms with Crippen LogP contribution >= 0.6 is 12.6 Å². The molecule has 1 fully saturated rings. The van der Waals surface area contributed by atoms with Crippen molar-refractivity contribution in [2.24, 2.45) is 5.41 Å². The molecule has 0 aliphatic carbocycles. The predicted octanol–water partition coefficient (Wildman–Crippen LogP) is 2.21. The smallest absolute Gasteiger partial charge is 0.0558 e. The van der Waals surface area contributed by atoms with Crippen molar-refractivity contribution in [3.63, 3.8) is 0 Å². The van der Waals surface area contributed by atoms with Crippen LogP contribution in [0.15, 0.2) is 30.3 Å². The second kappa shape index (κ2) is 8.03. The molecule has 1 aliphatic rings. The third-order valence-electron chi connectivity index (χ3n) is 4.11. The minimum Gasteiger partial charge on any atom is -0.395 e. The van der Waals surface area contributed by atoms with Crippen molar-refractivity contribution in [3.05, 3.63) is 35.9 Å². The Morgan fingerprint density at radius 2 is 1.90 bits per heavy atom. The number of aliphatic hydroxyl groups is 1. The zero-order valence-electron chi connectivity index (χ0n) is 12.0. The quantitative estimate of drug-likeness (QED) is 0.757. The van der Waals surface area contributed by atoms with Crippen molar-refractivity contribution in [2.45, 2.75) is 19.4 Å². The van der Waals surface area contributed by atoms with Crippen molar-refractivity contribution in [2.75, 3.05) is 38.7 Å². The van der Waals surface area contributed by atoms with E-state index in [4.69, 9.17) is 4.74 Å². The Hall–Kier alpha value is -0.550. The lowest BCUT2D eigenvalue weighted by Crippen LogP contribution is -2.43. The number of aliphatic hydroxyl groups excluding tert-OH is 1. The van der Waals surface area contributed by atoms with E-state index in [9.17, 15) is 5.11 Å². The third kappa shape index (κ3) is 4.48. The zero-order chi connectivity index (χ0) is 14.3. The van der Waals surface area contributed by atoms with Crippen LogP contribution in [0.4, 0.5) is 0 Å². The number of hydrogen-bond acceptors (Lipinski definition) is 4. The van der Waals surface area contributed by atoms with Gasteiger partial charge in [0.15, 0.2) is 0 Å². The molecule has 20 heavy (non-hydrogen) atoms. The van der Waals surface area contributed by atoms with Gasteiger partial charge in [-0.3, -0.25) is 4.90 Å². The van der Waals surface area contributed by atoms with E-state index in [1.54, 1.807) is 0 Å². The monoisotopic (exact) mass is 295 g/mol. The van der Waals surface area contributed by atoms with Crippen molar-refractivity contribution in [1.82, 2.24) is 4.90 Å². The molecule has 0 atom stereocenters. The Morgan fingerprint density at radius 1 is 1.20 bits per heavy atom. The van der Waals surface area contributed by atoms with Crippen molar-refractivity contribution in [1.29, 1.82) is 0 Å². The standard InChI is InChI=1S/C16H25NO2S/c18-9-8-17(12-15-4-2-1-3-5-15)13-16(14-20)6-10-19-11-7-16/h1-5,18,20H,6-14H2.